The van der Waals surface area contributed by atoms with Crippen LogP contribution in [0.25, 0.3) is 12.2 Å². The smallest absolute Gasteiger partial charge is 0.328 e. The lowest BCUT2D eigenvalue weighted by Gasteiger charge is -2.26. The maximum Gasteiger partial charge on any atom is 0.328 e. The van der Waals surface area contributed by atoms with Gasteiger partial charge in [0.05, 0.1) is 7.11 Å². The second-order valence-corrected chi connectivity index (χ2v) is 8.04. The first kappa shape index (κ1) is 25.5. The molecule has 174 valence electrons. The second-order valence-electron chi connectivity index (χ2n) is 8.04. The Balaban J connectivity index is 2.36. The maximum atomic E-state index is 13.3. The minimum atomic E-state index is -1.99. The van der Waals surface area contributed by atoms with E-state index in [0.29, 0.717) is 0 Å². The van der Waals surface area contributed by atoms with E-state index in [0.717, 1.165) is 11.1 Å². The third-order valence-corrected chi connectivity index (χ3v) is 5.31. The van der Waals surface area contributed by atoms with Crippen LogP contribution < -0.4 is 5.32 Å². The fourth-order valence-electron chi connectivity index (χ4n) is 3.31. The average Bonchev–Trinajstić information content (AvgIpc) is 2.81. The average molecular weight is 451 g/mol. The van der Waals surface area contributed by atoms with Gasteiger partial charge in [-0.1, -0.05) is 98.8 Å². The Morgan fingerprint density at radius 1 is 0.970 bits per heavy atom. The highest BCUT2D eigenvalue weighted by Gasteiger charge is 2.50. The molecule has 7 nitrogen and oxygen atoms in total. The first-order valence-corrected chi connectivity index (χ1v) is 10.8. The predicted octanol–water partition coefficient (Wildman–Crippen LogP) is 4.52. The molecule has 0 aliphatic carbocycles. The van der Waals surface area contributed by atoms with E-state index in [9.17, 15) is 19.7 Å². The Kier molecular flexibility index (Phi) is 9.54. The molecule has 0 unspecified atom stereocenters. The van der Waals surface area contributed by atoms with Gasteiger partial charge in [-0.15, -0.1) is 0 Å². The quantitative estimate of drug-likeness (QED) is 0.308. The number of hydrogen-bond donors (Lipinski definition) is 1. The van der Waals surface area contributed by atoms with Crippen LogP contribution >= 0.6 is 0 Å². The highest BCUT2D eigenvalue weighted by molar-refractivity contribution is 5.90. The van der Waals surface area contributed by atoms with E-state index in [-0.39, 0.29) is 18.8 Å². The highest BCUT2D eigenvalue weighted by atomic mass is 16.6. The van der Waals surface area contributed by atoms with Crippen molar-refractivity contribution in [2.45, 2.75) is 38.3 Å². The summed E-state index contributed by atoms with van der Waals surface area (Å²) >= 11 is 0. The van der Waals surface area contributed by atoms with Crippen LogP contribution in [0.2, 0.25) is 0 Å². The van der Waals surface area contributed by atoms with Crippen molar-refractivity contribution in [3.05, 3.63) is 94.1 Å². The molecular weight excluding hydrogens is 420 g/mol. The van der Waals surface area contributed by atoms with Gasteiger partial charge in [0.2, 0.25) is 0 Å². The van der Waals surface area contributed by atoms with Crippen LogP contribution in [0.3, 0.4) is 0 Å². The molecule has 2 aromatic rings. The zero-order chi connectivity index (χ0) is 24.3. The fraction of sp³-hybridized carbons (Fsp3) is 0.308. The zero-order valence-electron chi connectivity index (χ0n) is 19.1. The number of ether oxygens (including phenoxy) is 1. The Bertz CT molecular complexity index is 933. The lowest BCUT2D eigenvalue weighted by atomic mass is 9.88. The highest BCUT2D eigenvalue weighted by Crippen LogP contribution is 2.24. The van der Waals surface area contributed by atoms with Gasteiger partial charge in [-0.2, -0.15) is 0 Å². The van der Waals surface area contributed by atoms with Crippen molar-refractivity contribution in [1.82, 2.24) is 5.32 Å². The minimum absolute atomic E-state index is 0.147. The molecule has 1 N–H and O–H groups in total. The fourth-order valence-corrected chi connectivity index (χ4v) is 3.31. The molecule has 7 heteroatoms. The summed E-state index contributed by atoms with van der Waals surface area (Å²) in [6.45, 7) is 3.47. The number of hydrogen-bond acceptors (Lipinski definition) is 5. The van der Waals surface area contributed by atoms with Gasteiger partial charge >= 0.3 is 11.5 Å². The van der Waals surface area contributed by atoms with E-state index in [1.54, 1.807) is 38.2 Å². The van der Waals surface area contributed by atoms with Crippen LogP contribution in [-0.2, 0) is 14.3 Å². The third-order valence-electron chi connectivity index (χ3n) is 5.31. The molecule has 0 aliphatic rings. The van der Waals surface area contributed by atoms with Gasteiger partial charge in [-0.25, -0.2) is 4.79 Å². The largest absolute Gasteiger partial charge is 0.467 e. The molecule has 2 rings (SSSR count). The van der Waals surface area contributed by atoms with Crippen LogP contribution in [0, 0.1) is 16.0 Å². The van der Waals surface area contributed by atoms with Crippen LogP contribution in [0.4, 0.5) is 0 Å². The summed E-state index contributed by atoms with van der Waals surface area (Å²) < 4.78 is 4.77. The van der Waals surface area contributed by atoms with Gasteiger partial charge in [-0.3, -0.25) is 14.9 Å². The number of carbonyl (C=O) groups is 2. The number of rotatable bonds is 11. The monoisotopic (exact) mass is 450 g/mol. The summed E-state index contributed by atoms with van der Waals surface area (Å²) in [6.07, 6.45) is 6.43. The lowest BCUT2D eigenvalue weighted by molar-refractivity contribution is -0.551. The number of esters is 1. The number of nitrogens with one attached hydrogen (secondary N) is 1. The first-order chi connectivity index (χ1) is 15.8. The zero-order valence-corrected chi connectivity index (χ0v) is 19.1. The Hall–Kier alpha value is -3.74. The molecule has 0 bridgehead atoms. The standard InChI is InChI=1S/C26H30N2O5/c1-20(2)23(24(29)33-3)27-25(30)26(28(31)32,18-10-16-21-12-6-4-7-13-21)19-11-17-22-14-8-5-9-15-22/h4-17,20,23H,18-19H2,1-3H3,(H,27,30)/b16-10+,17-11+/t23-/m0/s1. The van der Waals surface area contributed by atoms with Gasteiger partial charge < -0.3 is 10.1 Å². The summed E-state index contributed by atoms with van der Waals surface area (Å²) in [5.41, 5.74) is -0.258. The van der Waals surface area contributed by atoms with E-state index in [2.05, 4.69) is 5.32 Å². The van der Waals surface area contributed by atoms with E-state index >= 15 is 0 Å². The van der Waals surface area contributed by atoms with E-state index in [1.807, 2.05) is 60.7 Å². The summed E-state index contributed by atoms with van der Waals surface area (Å²) in [7, 11) is 1.22. The Morgan fingerprint density at radius 3 is 1.79 bits per heavy atom. The normalized spacial score (nSPS) is 12.7. The topological polar surface area (TPSA) is 98.5 Å². The van der Waals surface area contributed by atoms with E-state index < -0.39 is 28.4 Å². The second kappa shape index (κ2) is 12.3. The SMILES string of the molecule is COC(=O)[C@@H](NC(=O)C(C/C=C/c1ccccc1)(C/C=C/c1ccccc1)[N+](=O)[O-])C(C)C. The van der Waals surface area contributed by atoms with Crippen LogP contribution in [0.1, 0.15) is 37.8 Å². The maximum absolute atomic E-state index is 13.3. The molecule has 0 aliphatic heterocycles. The third kappa shape index (κ3) is 7.14. The molecular formula is C26H30N2O5. The molecule has 33 heavy (non-hydrogen) atoms. The van der Waals surface area contributed by atoms with Crippen LogP contribution in [0.15, 0.2) is 72.8 Å². The van der Waals surface area contributed by atoms with Crippen molar-refractivity contribution in [2.75, 3.05) is 7.11 Å². The van der Waals surface area contributed by atoms with Crippen LogP contribution in [0.5, 0.6) is 0 Å². The number of methoxy groups -OCH3 is 1. The van der Waals surface area contributed by atoms with Crippen molar-refractivity contribution < 1.29 is 19.2 Å². The molecule has 1 atom stereocenters. The number of nitro groups is 1. The Labute approximate surface area is 194 Å². The Morgan fingerprint density at radius 2 is 1.42 bits per heavy atom. The lowest BCUT2D eigenvalue weighted by Crippen LogP contribution is -2.57. The van der Waals surface area contributed by atoms with Crippen molar-refractivity contribution in [1.29, 1.82) is 0 Å². The predicted molar refractivity (Wildman–Crippen MR) is 129 cm³/mol. The molecule has 2 aromatic carbocycles. The van der Waals surface area contributed by atoms with E-state index in [1.165, 1.54) is 7.11 Å². The summed E-state index contributed by atoms with van der Waals surface area (Å²) in [4.78, 5) is 37.2. The number of benzene rings is 2. The summed E-state index contributed by atoms with van der Waals surface area (Å²) in [5.74, 6) is -1.77. The molecule has 0 saturated heterocycles. The summed E-state index contributed by atoms with van der Waals surface area (Å²) in [6, 6.07) is 17.7. The molecule has 0 saturated carbocycles. The molecule has 0 spiro atoms. The van der Waals surface area contributed by atoms with Gasteiger partial charge in [0.1, 0.15) is 6.04 Å². The van der Waals surface area contributed by atoms with Gasteiger partial charge in [0, 0.05) is 17.8 Å². The number of amides is 1. The molecule has 0 fully saturated rings. The molecule has 1 amide bonds. The minimum Gasteiger partial charge on any atom is -0.467 e. The van der Waals surface area contributed by atoms with Gasteiger partial charge in [0.15, 0.2) is 0 Å². The van der Waals surface area contributed by atoms with Crippen LogP contribution in [-0.4, -0.2) is 35.5 Å². The van der Waals surface area contributed by atoms with Gasteiger partial charge in [0.25, 0.3) is 5.91 Å². The number of nitrogens with zero attached hydrogens (tertiary/aromatic N) is 1. The van der Waals surface area contributed by atoms with Gasteiger partial charge in [-0.05, 0) is 17.0 Å². The van der Waals surface area contributed by atoms with Crippen molar-refractivity contribution in [3.8, 4) is 0 Å². The van der Waals surface area contributed by atoms with Crippen molar-refractivity contribution >= 4 is 24.0 Å². The number of carbonyl (C=O) groups excluding carboxylic acids is 2. The first-order valence-electron chi connectivity index (χ1n) is 10.8. The summed E-state index contributed by atoms with van der Waals surface area (Å²) in [5, 5.41) is 14.9. The van der Waals surface area contributed by atoms with Crippen molar-refractivity contribution in [2.24, 2.45) is 5.92 Å². The van der Waals surface area contributed by atoms with Crippen molar-refractivity contribution in [3.63, 3.8) is 0 Å². The molecule has 0 heterocycles. The molecule has 0 radical (unpaired) electrons. The molecule has 0 aromatic heterocycles. The van der Waals surface area contributed by atoms with E-state index in [4.69, 9.17) is 4.74 Å².